The highest BCUT2D eigenvalue weighted by atomic mass is 14.9. The van der Waals surface area contributed by atoms with Gasteiger partial charge in [-0.1, -0.05) is 26.3 Å². The Balaban J connectivity index is 4.09. The average molecular weight is 225 g/mol. The monoisotopic (exact) mass is 225 g/mol. The number of allylic oxidation sites excluding steroid dienone is 2. The Morgan fingerprint density at radius 3 is 2.44 bits per heavy atom. The predicted octanol–water partition coefficient (Wildman–Crippen LogP) is 2.25. The second-order valence-corrected chi connectivity index (χ2v) is 4.19. The smallest absolute Gasteiger partial charge is 0.0554 e. The van der Waals surface area contributed by atoms with Crippen LogP contribution in [0.4, 0.5) is 0 Å². The second-order valence-electron chi connectivity index (χ2n) is 4.19. The van der Waals surface area contributed by atoms with Gasteiger partial charge in [0.25, 0.3) is 0 Å². The number of hydrogen-bond acceptors (Lipinski definition) is 3. The average Bonchev–Trinajstić information content (AvgIpc) is 2.25. The lowest BCUT2D eigenvalue weighted by molar-refractivity contribution is 0.661. The van der Waals surface area contributed by atoms with Gasteiger partial charge in [-0.3, -0.25) is 0 Å². The first-order valence-electron chi connectivity index (χ1n) is 6.21. The minimum Gasteiger partial charge on any atom is -0.401 e. The summed E-state index contributed by atoms with van der Waals surface area (Å²) in [4.78, 5) is 0. The number of nitrogens with one attached hydrogen (secondary N) is 1. The van der Waals surface area contributed by atoms with Gasteiger partial charge in [-0.2, -0.15) is 0 Å². The molecule has 0 aliphatic heterocycles. The molecule has 0 aromatic rings. The van der Waals surface area contributed by atoms with E-state index in [1.807, 2.05) is 6.92 Å². The highest BCUT2D eigenvalue weighted by Crippen LogP contribution is 2.13. The Kier molecular flexibility index (Phi) is 8.72. The fourth-order valence-corrected chi connectivity index (χ4v) is 1.57. The molecule has 3 nitrogen and oxygen atoms in total. The van der Waals surface area contributed by atoms with E-state index in [4.69, 9.17) is 11.5 Å². The Hall–Kier alpha value is -0.960. The van der Waals surface area contributed by atoms with E-state index in [-0.39, 0.29) is 0 Å². The Labute approximate surface area is 100.0 Å². The van der Waals surface area contributed by atoms with Crippen molar-refractivity contribution in [2.24, 2.45) is 11.5 Å². The third-order valence-corrected chi connectivity index (χ3v) is 2.51. The molecule has 5 N–H and O–H groups in total. The third-order valence-electron chi connectivity index (χ3n) is 2.51. The molecule has 0 rings (SSSR count). The molecule has 3 heteroatoms. The van der Waals surface area contributed by atoms with E-state index in [1.54, 1.807) is 0 Å². The minimum absolute atomic E-state index is 0.700. The molecule has 94 valence electrons. The number of hydrogen-bond donors (Lipinski definition) is 3. The van der Waals surface area contributed by atoms with Crippen LogP contribution in [0.25, 0.3) is 0 Å². The molecule has 0 heterocycles. The van der Waals surface area contributed by atoms with Crippen LogP contribution in [0.2, 0.25) is 0 Å². The summed E-state index contributed by atoms with van der Waals surface area (Å²) in [6.07, 6.45) is 5.54. The van der Waals surface area contributed by atoms with Gasteiger partial charge in [0.05, 0.1) is 5.70 Å². The van der Waals surface area contributed by atoms with Gasteiger partial charge in [-0.15, -0.1) is 0 Å². The molecular formula is C13H27N3. The summed E-state index contributed by atoms with van der Waals surface area (Å²) in [5.41, 5.74) is 14.2. The topological polar surface area (TPSA) is 64.1 Å². The van der Waals surface area contributed by atoms with Gasteiger partial charge in [0.15, 0.2) is 0 Å². The third kappa shape index (κ3) is 6.51. The fraction of sp³-hybridized carbons (Fsp3) is 0.692. The summed E-state index contributed by atoms with van der Waals surface area (Å²) in [5.74, 6) is 0. The second kappa shape index (κ2) is 9.28. The van der Waals surface area contributed by atoms with Crippen LogP contribution in [0.5, 0.6) is 0 Å². The van der Waals surface area contributed by atoms with Crippen molar-refractivity contribution < 1.29 is 0 Å². The van der Waals surface area contributed by atoms with Crippen molar-refractivity contribution in [3.8, 4) is 0 Å². The van der Waals surface area contributed by atoms with Crippen molar-refractivity contribution in [2.45, 2.75) is 46.0 Å². The molecule has 0 aliphatic carbocycles. The molecule has 16 heavy (non-hydrogen) atoms. The zero-order valence-electron chi connectivity index (χ0n) is 10.8. The van der Waals surface area contributed by atoms with Crippen molar-refractivity contribution in [1.82, 2.24) is 5.32 Å². The normalized spacial score (nSPS) is 12.2. The highest BCUT2D eigenvalue weighted by molar-refractivity contribution is 5.29. The zero-order chi connectivity index (χ0) is 12.4. The summed E-state index contributed by atoms with van der Waals surface area (Å²) >= 11 is 0. The van der Waals surface area contributed by atoms with Gasteiger partial charge >= 0.3 is 0 Å². The molecule has 0 radical (unpaired) electrons. The fourth-order valence-electron chi connectivity index (χ4n) is 1.57. The molecule has 0 aromatic carbocycles. The van der Waals surface area contributed by atoms with Crippen LogP contribution in [0.3, 0.4) is 0 Å². The molecule has 0 atom stereocenters. The van der Waals surface area contributed by atoms with Crippen molar-refractivity contribution in [3.05, 3.63) is 23.5 Å². The number of rotatable bonds is 9. The van der Waals surface area contributed by atoms with Crippen LogP contribution in [0.1, 0.15) is 46.0 Å². The Morgan fingerprint density at radius 1 is 1.25 bits per heavy atom. The van der Waals surface area contributed by atoms with Crippen LogP contribution < -0.4 is 16.8 Å². The lowest BCUT2D eigenvalue weighted by Crippen LogP contribution is -2.20. The lowest BCUT2D eigenvalue weighted by Gasteiger charge is -2.15. The van der Waals surface area contributed by atoms with Gasteiger partial charge in [0.2, 0.25) is 0 Å². The van der Waals surface area contributed by atoms with Crippen molar-refractivity contribution >= 4 is 0 Å². The SMILES string of the molecule is C=C(CCCN)/C(NCCCCC)=C(\C)N. The van der Waals surface area contributed by atoms with Gasteiger partial charge < -0.3 is 16.8 Å². The van der Waals surface area contributed by atoms with Gasteiger partial charge in [0.1, 0.15) is 0 Å². The van der Waals surface area contributed by atoms with Gasteiger partial charge in [-0.05, 0) is 38.3 Å². The molecular weight excluding hydrogens is 198 g/mol. The highest BCUT2D eigenvalue weighted by Gasteiger charge is 2.04. The number of unbranched alkanes of at least 4 members (excludes halogenated alkanes) is 2. The summed E-state index contributed by atoms with van der Waals surface area (Å²) in [6, 6.07) is 0. The first-order valence-corrected chi connectivity index (χ1v) is 6.21. The largest absolute Gasteiger partial charge is 0.401 e. The molecule has 0 bridgehead atoms. The molecule has 0 amide bonds. The first-order chi connectivity index (χ1) is 7.63. The summed E-state index contributed by atoms with van der Waals surface area (Å²) in [7, 11) is 0. The van der Waals surface area contributed by atoms with Crippen LogP contribution in [0.15, 0.2) is 23.5 Å². The van der Waals surface area contributed by atoms with Gasteiger partial charge in [0, 0.05) is 12.2 Å². The van der Waals surface area contributed by atoms with Crippen LogP contribution >= 0.6 is 0 Å². The maximum absolute atomic E-state index is 5.85. The molecule has 0 saturated heterocycles. The standard InChI is InChI=1S/C13H27N3/c1-4-5-6-10-16-13(12(3)15)11(2)8-7-9-14/h16H,2,4-10,14-15H2,1,3H3/b13-12-. The molecule has 0 saturated carbocycles. The van der Waals surface area contributed by atoms with E-state index in [2.05, 4.69) is 18.8 Å². The number of nitrogens with two attached hydrogens (primary N) is 2. The Bertz CT molecular complexity index is 227. The van der Waals surface area contributed by atoms with E-state index >= 15 is 0 Å². The zero-order valence-corrected chi connectivity index (χ0v) is 10.8. The van der Waals surface area contributed by atoms with Crippen molar-refractivity contribution in [1.29, 1.82) is 0 Å². The molecule has 0 aliphatic rings. The summed E-state index contributed by atoms with van der Waals surface area (Å²) < 4.78 is 0. The maximum atomic E-state index is 5.85. The van der Waals surface area contributed by atoms with Crippen molar-refractivity contribution in [2.75, 3.05) is 13.1 Å². The van der Waals surface area contributed by atoms with E-state index in [1.165, 1.54) is 19.3 Å². The van der Waals surface area contributed by atoms with E-state index in [0.717, 1.165) is 36.4 Å². The van der Waals surface area contributed by atoms with Crippen LogP contribution in [-0.4, -0.2) is 13.1 Å². The quantitative estimate of drug-likeness (QED) is 0.416. The first kappa shape index (κ1) is 15.0. The maximum Gasteiger partial charge on any atom is 0.0554 e. The van der Waals surface area contributed by atoms with Crippen LogP contribution in [-0.2, 0) is 0 Å². The minimum atomic E-state index is 0.700. The molecule has 0 aromatic heterocycles. The van der Waals surface area contributed by atoms with E-state index in [0.29, 0.717) is 6.54 Å². The van der Waals surface area contributed by atoms with Gasteiger partial charge in [-0.25, -0.2) is 0 Å². The molecule has 0 spiro atoms. The molecule has 0 unspecified atom stereocenters. The predicted molar refractivity (Wildman–Crippen MR) is 71.8 cm³/mol. The van der Waals surface area contributed by atoms with Crippen LogP contribution in [0, 0.1) is 0 Å². The van der Waals surface area contributed by atoms with E-state index in [9.17, 15) is 0 Å². The van der Waals surface area contributed by atoms with E-state index < -0.39 is 0 Å². The lowest BCUT2D eigenvalue weighted by atomic mass is 10.1. The summed E-state index contributed by atoms with van der Waals surface area (Å²) in [5, 5.41) is 3.38. The molecule has 0 fully saturated rings. The summed E-state index contributed by atoms with van der Waals surface area (Å²) in [6.45, 7) is 9.84. The Morgan fingerprint density at radius 2 is 1.94 bits per heavy atom. The van der Waals surface area contributed by atoms with Crippen molar-refractivity contribution in [3.63, 3.8) is 0 Å².